The first-order valence-corrected chi connectivity index (χ1v) is 7.32. The fourth-order valence-corrected chi connectivity index (χ4v) is 2.07. The van der Waals surface area contributed by atoms with Crippen LogP contribution in [0.3, 0.4) is 0 Å². The zero-order valence-corrected chi connectivity index (χ0v) is 12.5. The van der Waals surface area contributed by atoms with Crippen molar-refractivity contribution in [2.45, 2.75) is 6.42 Å². The number of benzene rings is 1. The van der Waals surface area contributed by atoms with E-state index in [1.54, 1.807) is 24.5 Å². The molecule has 0 radical (unpaired) electrons. The van der Waals surface area contributed by atoms with Crippen molar-refractivity contribution in [1.29, 1.82) is 0 Å². The number of phenolic OH excluding ortho intramolecular Hbond substituents is 1. The summed E-state index contributed by atoms with van der Waals surface area (Å²) in [6.07, 6.45) is 4.25. The molecule has 0 unspecified atom stereocenters. The Balaban J connectivity index is 1.56. The molecule has 116 valence electrons. The molecule has 3 rings (SSSR count). The number of anilines is 3. The van der Waals surface area contributed by atoms with Gasteiger partial charge in [-0.15, -0.1) is 0 Å². The monoisotopic (exact) mass is 307 g/mol. The zero-order chi connectivity index (χ0) is 15.9. The largest absolute Gasteiger partial charge is 0.508 e. The average Bonchev–Trinajstić information content (AvgIpc) is 2.58. The summed E-state index contributed by atoms with van der Waals surface area (Å²) in [5.74, 6) is 2.23. The second kappa shape index (κ2) is 7.22. The van der Waals surface area contributed by atoms with Gasteiger partial charge in [-0.1, -0.05) is 18.2 Å². The van der Waals surface area contributed by atoms with Crippen LogP contribution in [0.1, 0.15) is 5.56 Å². The van der Waals surface area contributed by atoms with Crippen molar-refractivity contribution in [2.24, 2.45) is 0 Å². The lowest BCUT2D eigenvalue weighted by molar-refractivity contribution is 0.475. The predicted molar refractivity (Wildman–Crippen MR) is 89.9 cm³/mol. The Kier molecular flexibility index (Phi) is 4.63. The summed E-state index contributed by atoms with van der Waals surface area (Å²) < 4.78 is 0. The zero-order valence-electron chi connectivity index (χ0n) is 12.5. The van der Waals surface area contributed by atoms with E-state index in [1.807, 2.05) is 36.4 Å². The average molecular weight is 307 g/mol. The third-order valence-corrected chi connectivity index (χ3v) is 3.22. The number of hydrogen-bond donors (Lipinski definition) is 3. The Morgan fingerprint density at radius 3 is 2.52 bits per heavy atom. The van der Waals surface area contributed by atoms with Crippen molar-refractivity contribution in [3.05, 3.63) is 66.5 Å². The van der Waals surface area contributed by atoms with Crippen LogP contribution in [0.25, 0.3) is 0 Å². The summed E-state index contributed by atoms with van der Waals surface area (Å²) in [7, 11) is 0. The minimum absolute atomic E-state index is 0.280. The molecule has 6 nitrogen and oxygen atoms in total. The van der Waals surface area contributed by atoms with Crippen LogP contribution in [0.15, 0.2) is 60.9 Å². The topological polar surface area (TPSA) is 83.0 Å². The first-order valence-electron chi connectivity index (χ1n) is 7.32. The fourth-order valence-electron chi connectivity index (χ4n) is 2.07. The fraction of sp³-hybridized carbons (Fsp3) is 0.118. The van der Waals surface area contributed by atoms with Crippen LogP contribution in [0.4, 0.5) is 17.6 Å². The molecule has 0 fully saturated rings. The molecule has 1 aromatic carbocycles. The Morgan fingerprint density at radius 2 is 1.74 bits per heavy atom. The molecule has 0 aliphatic heterocycles. The summed E-state index contributed by atoms with van der Waals surface area (Å²) in [6, 6.07) is 14.6. The van der Waals surface area contributed by atoms with Crippen LogP contribution < -0.4 is 10.6 Å². The predicted octanol–water partition coefficient (Wildman–Crippen LogP) is 2.98. The van der Waals surface area contributed by atoms with Gasteiger partial charge in [0.15, 0.2) is 0 Å². The molecule has 2 heterocycles. The maximum atomic E-state index is 9.27. The molecule has 0 aliphatic carbocycles. The van der Waals surface area contributed by atoms with E-state index in [0.29, 0.717) is 11.8 Å². The van der Waals surface area contributed by atoms with Gasteiger partial charge in [0.25, 0.3) is 0 Å². The molecule has 0 amide bonds. The number of aromatic hydroxyl groups is 1. The van der Waals surface area contributed by atoms with E-state index >= 15 is 0 Å². The summed E-state index contributed by atoms with van der Waals surface area (Å²) in [5.41, 5.74) is 1.15. The lowest BCUT2D eigenvalue weighted by Gasteiger charge is -2.08. The second-order valence-electron chi connectivity index (χ2n) is 4.95. The van der Waals surface area contributed by atoms with Gasteiger partial charge in [0, 0.05) is 18.9 Å². The molecule has 0 saturated heterocycles. The highest BCUT2D eigenvalue weighted by atomic mass is 16.3. The quantitative estimate of drug-likeness (QED) is 0.649. The first kappa shape index (κ1) is 14.8. The number of hydrogen-bond acceptors (Lipinski definition) is 6. The summed E-state index contributed by atoms with van der Waals surface area (Å²) in [5, 5.41) is 15.6. The maximum Gasteiger partial charge on any atom is 0.230 e. The van der Waals surface area contributed by atoms with Crippen molar-refractivity contribution in [3.63, 3.8) is 0 Å². The number of pyridine rings is 1. The molecule has 3 aromatic rings. The van der Waals surface area contributed by atoms with E-state index in [0.717, 1.165) is 24.3 Å². The lowest BCUT2D eigenvalue weighted by atomic mass is 10.1. The molecule has 0 atom stereocenters. The summed E-state index contributed by atoms with van der Waals surface area (Å²) in [4.78, 5) is 12.8. The van der Waals surface area contributed by atoms with Gasteiger partial charge in [0.1, 0.15) is 17.4 Å². The van der Waals surface area contributed by atoms with E-state index in [4.69, 9.17) is 0 Å². The van der Waals surface area contributed by atoms with Crippen molar-refractivity contribution in [1.82, 2.24) is 15.0 Å². The van der Waals surface area contributed by atoms with Gasteiger partial charge in [-0.3, -0.25) is 0 Å². The van der Waals surface area contributed by atoms with Gasteiger partial charge in [-0.2, -0.15) is 4.98 Å². The van der Waals surface area contributed by atoms with E-state index in [1.165, 1.54) is 0 Å². The highest BCUT2D eigenvalue weighted by Gasteiger charge is 2.01. The standard InChI is InChI=1S/C17H17N5O/c23-14-6-4-13(5-7-14)8-11-19-16-9-12-20-17(22-16)21-15-3-1-2-10-18-15/h1-7,9-10,12,23H,8,11H2,(H2,18,19,20,21,22). The number of nitrogens with one attached hydrogen (secondary N) is 2. The molecule has 3 N–H and O–H groups in total. The minimum Gasteiger partial charge on any atom is -0.508 e. The molecular formula is C17H17N5O. The van der Waals surface area contributed by atoms with E-state index in [2.05, 4.69) is 25.6 Å². The molecule has 0 aliphatic rings. The second-order valence-corrected chi connectivity index (χ2v) is 4.95. The number of rotatable bonds is 6. The molecule has 0 bridgehead atoms. The van der Waals surface area contributed by atoms with Gasteiger partial charge < -0.3 is 15.7 Å². The van der Waals surface area contributed by atoms with E-state index < -0.39 is 0 Å². The number of phenols is 1. The van der Waals surface area contributed by atoms with Crippen LogP contribution in [0.5, 0.6) is 5.75 Å². The third kappa shape index (κ3) is 4.41. The SMILES string of the molecule is Oc1ccc(CCNc2ccnc(Nc3ccccn3)n2)cc1. The van der Waals surface area contributed by atoms with Crippen molar-refractivity contribution >= 4 is 17.6 Å². The summed E-state index contributed by atoms with van der Waals surface area (Å²) >= 11 is 0. The molecule has 23 heavy (non-hydrogen) atoms. The molecule has 6 heteroatoms. The van der Waals surface area contributed by atoms with Gasteiger partial charge in [0.2, 0.25) is 5.95 Å². The Labute approximate surface area is 134 Å². The number of nitrogens with zero attached hydrogens (tertiary/aromatic N) is 3. The molecule has 0 saturated carbocycles. The van der Waals surface area contributed by atoms with E-state index in [9.17, 15) is 5.11 Å². The third-order valence-electron chi connectivity index (χ3n) is 3.22. The van der Waals surface area contributed by atoms with Crippen LogP contribution >= 0.6 is 0 Å². The van der Waals surface area contributed by atoms with Gasteiger partial charge in [-0.25, -0.2) is 9.97 Å². The smallest absolute Gasteiger partial charge is 0.230 e. The highest BCUT2D eigenvalue weighted by Crippen LogP contribution is 2.12. The van der Waals surface area contributed by atoms with Crippen LogP contribution in [0.2, 0.25) is 0 Å². The van der Waals surface area contributed by atoms with Crippen molar-refractivity contribution < 1.29 is 5.11 Å². The van der Waals surface area contributed by atoms with Gasteiger partial charge in [-0.05, 0) is 42.3 Å². The van der Waals surface area contributed by atoms with Gasteiger partial charge in [0.05, 0.1) is 0 Å². The molecule has 2 aromatic heterocycles. The maximum absolute atomic E-state index is 9.27. The Bertz CT molecular complexity index is 746. The van der Waals surface area contributed by atoms with Crippen molar-refractivity contribution in [3.8, 4) is 5.75 Å². The molecular weight excluding hydrogens is 290 g/mol. The van der Waals surface area contributed by atoms with Crippen molar-refractivity contribution in [2.75, 3.05) is 17.2 Å². The Hall–Kier alpha value is -3.15. The molecule has 0 spiro atoms. The lowest BCUT2D eigenvalue weighted by Crippen LogP contribution is -2.08. The Morgan fingerprint density at radius 1 is 0.870 bits per heavy atom. The van der Waals surface area contributed by atoms with Gasteiger partial charge >= 0.3 is 0 Å². The van der Waals surface area contributed by atoms with Crippen LogP contribution in [-0.4, -0.2) is 26.6 Å². The normalized spacial score (nSPS) is 10.3. The highest BCUT2D eigenvalue weighted by molar-refractivity contribution is 5.49. The van der Waals surface area contributed by atoms with Crippen LogP contribution in [0, 0.1) is 0 Å². The first-order chi connectivity index (χ1) is 11.3. The van der Waals surface area contributed by atoms with Crippen LogP contribution in [-0.2, 0) is 6.42 Å². The summed E-state index contributed by atoms with van der Waals surface area (Å²) in [6.45, 7) is 0.741. The minimum atomic E-state index is 0.280. The number of aromatic nitrogens is 3. The van der Waals surface area contributed by atoms with E-state index in [-0.39, 0.29) is 5.75 Å².